The fourth-order valence-electron chi connectivity index (χ4n) is 2.87. The van der Waals surface area contributed by atoms with Crippen LogP contribution in [0.15, 0.2) is 36.4 Å². The molecule has 130 valence electrons. The Morgan fingerprint density at radius 2 is 1.84 bits per heavy atom. The Bertz CT molecular complexity index is 847. The lowest BCUT2D eigenvalue weighted by atomic mass is 10.1. The molecule has 1 aliphatic heterocycles. The molecule has 0 aliphatic carbocycles. The molecule has 0 aromatic heterocycles. The predicted octanol–water partition coefficient (Wildman–Crippen LogP) is 4.22. The van der Waals surface area contributed by atoms with E-state index in [1.165, 1.54) is 0 Å². The van der Waals surface area contributed by atoms with Crippen molar-refractivity contribution in [3.63, 3.8) is 0 Å². The lowest BCUT2D eigenvalue weighted by Crippen LogP contribution is -2.27. The van der Waals surface area contributed by atoms with Gasteiger partial charge in [0, 0.05) is 23.7 Å². The van der Waals surface area contributed by atoms with Gasteiger partial charge in [0.05, 0.1) is 5.92 Å². The minimum absolute atomic E-state index is 0.0946. The van der Waals surface area contributed by atoms with Crippen LogP contribution < -0.4 is 9.64 Å². The first kappa shape index (κ1) is 17.5. The van der Waals surface area contributed by atoms with Gasteiger partial charge in [0.15, 0.2) is 0 Å². The number of aryl methyl sites for hydroxylation is 3. The number of carbonyl (C=O) groups excluding carboxylic acids is 2. The molecule has 0 N–H and O–H groups in total. The summed E-state index contributed by atoms with van der Waals surface area (Å²) in [6.45, 7) is 6.05. The van der Waals surface area contributed by atoms with E-state index in [4.69, 9.17) is 16.3 Å². The van der Waals surface area contributed by atoms with Crippen LogP contribution in [0.2, 0.25) is 5.02 Å². The summed E-state index contributed by atoms with van der Waals surface area (Å²) in [4.78, 5) is 26.4. The lowest BCUT2D eigenvalue weighted by molar-refractivity contribution is -0.139. The third kappa shape index (κ3) is 3.69. The van der Waals surface area contributed by atoms with Crippen molar-refractivity contribution in [2.75, 3.05) is 11.4 Å². The number of esters is 1. The van der Waals surface area contributed by atoms with Crippen LogP contribution >= 0.6 is 11.6 Å². The summed E-state index contributed by atoms with van der Waals surface area (Å²) in [6.07, 6.45) is 0.148. The number of ether oxygens (including phenoxy) is 1. The van der Waals surface area contributed by atoms with E-state index < -0.39 is 5.92 Å². The van der Waals surface area contributed by atoms with Crippen molar-refractivity contribution >= 4 is 29.2 Å². The molecule has 1 amide bonds. The number of anilines is 1. The van der Waals surface area contributed by atoms with Crippen LogP contribution in [-0.4, -0.2) is 18.4 Å². The number of amides is 1. The minimum atomic E-state index is -0.479. The number of rotatable bonds is 3. The number of benzene rings is 2. The average Bonchev–Trinajstić information content (AvgIpc) is 2.95. The van der Waals surface area contributed by atoms with Crippen molar-refractivity contribution < 1.29 is 14.3 Å². The van der Waals surface area contributed by atoms with Crippen molar-refractivity contribution in [3.05, 3.63) is 58.1 Å². The molecule has 1 fully saturated rings. The van der Waals surface area contributed by atoms with Crippen LogP contribution in [0.5, 0.6) is 5.75 Å². The maximum Gasteiger partial charge on any atom is 0.316 e. The zero-order valence-corrected chi connectivity index (χ0v) is 15.3. The lowest BCUT2D eigenvalue weighted by Gasteiger charge is -2.17. The first-order valence-electron chi connectivity index (χ1n) is 8.20. The summed E-state index contributed by atoms with van der Waals surface area (Å²) < 4.78 is 5.54. The topological polar surface area (TPSA) is 46.6 Å². The van der Waals surface area contributed by atoms with Crippen LogP contribution in [-0.2, 0) is 9.59 Å². The standard InChI is InChI=1S/C20H20ClNO3/c1-12-4-5-14(3)18(8-12)25-20(24)15-9-19(23)22(11-15)16-7-6-13(2)17(21)10-16/h4-8,10,15H,9,11H2,1-3H3/t15-/m1/s1. The van der Waals surface area contributed by atoms with Crippen LogP contribution in [0.3, 0.4) is 0 Å². The van der Waals surface area contributed by atoms with E-state index >= 15 is 0 Å². The molecule has 0 bridgehead atoms. The highest BCUT2D eigenvalue weighted by Crippen LogP contribution is 2.30. The first-order valence-corrected chi connectivity index (χ1v) is 8.58. The van der Waals surface area contributed by atoms with Crippen LogP contribution in [0.25, 0.3) is 0 Å². The second kappa shape index (κ2) is 6.89. The highest BCUT2D eigenvalue weighted by Gasteiger charge is 2.36. The van der Waals surface area contributed by atoms with E-state index in [9.17, 15) is 9.59 Å². The van der Waals surface area contributed by atoms with Gasteiger partial charge in [-0.1, -0.05) is 29.8 Å². The molecule has 0 spiro atoms. The van der Waals surface area contributed by atoms with Gasteiger partial charge >= 0.3 is 5.97 Å². The fraction of sp³-hybridized carbons (Fsp3) is 0.300. The molecule has 1 heterocycles. The molecule has 2 aromatic rings. The van der Waals surface area contributed by atoms with Gasteiger partial charge in [-0.25, -0.2) is 0 Å². The molecule has 1 saturated heterocycles. The molecule has 2 aromatic carbocycles. The van der Waals surface area contributed by atoms with Gasteiger partial charge in [-0.2, -0.15) is 0 Å². The number of carbonyl (C=O) groups is 2. The summed E-state index contributed by atoms with van der Waals surface area (Å²) in [5.41, 5.74) is 3.57. The van der Waals surface area contributed by atoms with Gasteiger partial charge in [-0.05, 0) is 55.7 Å². The third-order valence-corrected chi connectivity index (χ3v) is 4.89. The summed E-state index contributed by atoms with van der Waals surface area (Å²) in [5.74, 6) is -0.396. The van der Waals surface area contributed by atoms with E-state index in [1.54, 1.807) is 11.0 Å². The van der Waals surface area contributed by atoms with Crippen molar-refractivity contribution in [2.24, 2.45) is 5.92 Å². The van der Waals surface area contributed by atoms with E-state index in [0.717, 1.165) is 16.7 Å². The summed E-state index contributed by atoms with van der Waals surface area (Å²) in [7, 11) is 0. The molecule has 3 rings (SSSR count). The largest absolute Gasteiger partial charge is 0.426 e. The molecule has 25 heavy (non-hydrogen) atoms. The Morgan fingerprint density at radius 3 is 2.56 bits per heavy atom. The van der Waals surface area contributed by atoms with Crippen LogP contribution in [0, 0.1) is 26.7 Å². The predicted molar refractivity (Wildman–Crippen MR) is 98.2 cm³/mol. The van der Waals surface area contributed by atoms with Gasteiger partial charge < -0.3 is 9.64 Å². The Morgan fingerprint density at radius 1 is 1.12 bits per heavy atom. The van der Waals surface area contributed by atoms with Crippen LogP contribution in [0.1, 0.15) is 23.1 Å². The molecular formula is C20H20ClNO3. The van der Waals surface area contributed by atoms with Crippen molar-refractivity contribution in [1.82, 2.24) is 0 Å². The smallest absolute Gasteiger partial charge is 0.316 e. The fourth-order valence-corrected chi connectivity index (χ4v) is 3.05. The SMILES string of the molecule is Cc1ccc(C)c(OC(=O)[C@@H]2CC(=O)N(c3ccc(C)c(Cl)c3)C2)c1. The van der Waals surface area contributed by atoms with Gasteiger partial charge in [0.2, 0.25) is 5.91 Å². The van der Waals surface area contributed by atoms with Gasteiger partial charge in [-0.3, -0.25) is 9.59 Å². The molecule has 0 radical (unpaired) electrons. The minimum Gasteiger partial charge on any atom is -0.426 e. The normalized spacial score (nSPS) is 17.0. The maximum absolute atomic E-state index is 12.5. The summed E-state index contributed by atoms with van der Waals surface area (Å²) >= 11 is 6.15. The zero-order valence-electron chi connectivity index (χ0n) is 14.5. The van der Waals surface area contributed by atoms with E-state index in [0.29, 0.717) is 23.0 Å². The van der Waals surface area contributed by atoms with Crippen molar-refractivity contribution in [1.29, 1.82) is 0 Å². The van der Waals surface area contributed by atoms with Crippen LogP contribution in [0.4, 0.5) is 5.69 Å². The van der Waals surface area contributed by atoms with Gasteiger partial charge in [0.1, 0.15) is 5.75 Å². The molecule has 1 atom stereocenters. The highest BCUT2D eigenvalue weighted by atomic mass is 35.5. The van der Waals surface area contributed by atoms with E-state index in [2.05, 4.69) is 0 Å². The Kier molecular flexibility index (Phi) is 4.82. The Balaban J connectivity index is 1.74. The quantitative estimate of drug-likeness (QED) is 0.610. The average molecular weight is 358 g/mol. The monoisotopic (exact) mass is 357 g/mol. The molecule has 0 unspecified atom stereocenters. The Hall–Kier alpha value is -2.33. The summed E-state index contributed by atoms with van der Waals surface area (Å²) in [5, 5.41) is 0.603. The number of hydrogen-bond acceptors (Lipinski definition) is 3. The van der Waals surface area contributed by atoms with E-state index in [1.807, 2.05) is 51.1 Å². The molecular weight excluding hydrogens is 338 g/mol. The zero-order chi connectivity index (χ0) is 18.1. The second-order valence-corrected chi connectivity index (χ2v) is 6.94. The highest BCUT2D eigenvalue weighted by molar-refractivity contribution is 6.31. The maximum atomic E-state index is 12.5. The van der Waals surface area contributed by atoms with Crippen molar-refractivity contribution in [3.8, 4) is 5.75 Å². The first-order chi connectivity index (χ1) is 11.8. The Labute approximate surface area is 152 Å². The third-order valence-electron chi connectivity index (χ3n) is 4.48. The summed E-state index contributed by atoms with van der Waals surface area (Å²) in [6, 6.07) is 11.2. The van der Waals surface area contributed by atoms with Crippen molar-refractivity contribution in [2.45, 2.75) is 27.2 Å². The van der Waals surface area contributed by atoms with E-state index in [-0.39, 0.29) is 18.3 Å². The number of halogens is 1. The number of nitrogens with zero attached hydrogens (tertiary/aromatic N) is 1. The molecule has 4 nitrogen and oxygen atoms in total. The van der Waals surface area contributed by atoms with Gasteiger partial charge in [0.25, 0.3) is 0 Å². The molecule has 1 aliphatic rings. The van der Waals surface area contributed by atoms with Gasteiger partial charge in [-0.15, -0.1) is 0 Å². The molecule has 0 saturated carbocycles. The second-order valence-electron chi connectivity index (χ2n) is 6.53. The number of hydrogen-bond donors (Lipinski definition) is 0. The molecule has 5 heteroatoms.